The number of hydrogen-bond acceptors (Lipinski definition) is 3. The van der Waals surface area contributed by atoms with Crippen LogP contribution in [0.1, 0.15) is 12.8 Å². The van der Waals surface area contributed by atoms with E-state index in [0.29, 0.717) is 6.61 Å². The minimum absolute atomic E-state index is 0.177. The van der Waals surface area contributed by atoms with E-state index in [-0.39, 0.29) is 12.3 Å². The van der Waals surface area contributed by atoms with E-state index in [2.05, 4.69) is 0 Å². The van der Waals surface area contributed by atoms with Crippen LogP contribution < -0.4 is 5.32 Å². The highest BCUT2D eigenvalue weighted by molar-refractivity contribution is 5.95. The topological polar surface area (TPSA) is 38.3 Å². The van der Waals surface area contributed by atoms with Gasteiger partial charge in [0.25, 0.3) is 0 Å². The van der Waals surface area contributed by atoms with Gasteiger partial charge in [0.15, 0.2) is 5.76 Å². The first-order chi connectivity index (χ1) is 6.99. The minimum Gasteiger partial charge on any atom is -0.490 e. The van der Waals surface area contributed by atoms with Gasteiger partial charge in [-0.05, 0) is 18.9 Å². The van der Waals surface area contributed by atoms with Crippen LogP contribution in [0.5, 0.6) is 0 Å². The molecule has 0 bridgehead atoms. The maximum atomic E-state index is 11.7. The number of carbonyl (C=O) groups excluding carboxylic acids is 1. The van der Waals surface area contributed by atoms with Crippen molar-refractivity contribution in [1.82, 2.24) is 5.32 Å². The Bertz CT molecular complexity index is 261. The molecule has 0 aliphatic carbocycles. The van der Waals surface area contributed by atoms with Crippen molar-refractivity contribution in [3.63, 3.8) is 0 Å². The number of ketones is 1. The number of rotatable bonds is 4. The monoisotopic (exact) mass is 223 g/mol. The molecule has 6 heteroatoms. The van der Waals surface area contributed by atoms with Gasteiger partial charge < -0.3 is 10.1 Å². The second kappa shape index (κ2) is 5.16. The average molecular weight is 223 g/mol. The summed E-state index contributed by atoms with van der Waals surface area (Å²) in [6, 6.07) is 0. The molecule has 0 radical (unpaired) electrons. The van der Waals surface area contributed by atoms with Gasteiger partial charge in [-0.15, -0.1) is 0 Å². The summed E-state index contributed by atoms with van der Waals surface area (Å²) in [5.41, 5.74) is 0. The number of alkyl halides is 3. The Morgan fingerprint density at radius 2 is 2.27 bits per heavy atom. The summed E-state index contributed by atoms with van der Waals surface area (Å²) in [6.07, 6.45) is -1.10. The third-order valence-electron chi connectivity index (χ3n) is 1.82. The lowest BCUT2D eigenvalue weighted by atomic mass is 10.2. The van der Waals surface area contributed by atoms with Gasteiger partial charge in [0.2, 0.25) is 5.78 Å². The lowest BCUT2D eigenvalue weighted by Gasteiger charge is -2.14. The Hall–Kier alpha value is -1.04. The van der Waals surface area contributed by atoms with Crippen molar-refractivity contribution in [3.05, 3.63) is 11.8 Å². The first-order valence-electron chi connectivity index (χ1n) is 4.63. The van der Waals surface area contributed by atoms with E-state index in [9.17, 15) is 18.0 Å². The van der Waals surface area contributed by atoms with Crippen molar-refractivity contribution >= 4 is 5.78 Å². The predicted octanol–water partition coefficient (Wildman–Crippen LogP) is 1.40. The molecule has 1 rings (SSSR count). The summed E-state index contributed by atoms with van der Waals surface area (Å²) < 4.78 is 40.2. The van der Waals surface area contributed by atoms with Gasteiger partial charge in [0.1, 0.15) is 0 Å². The van der Waals surface area contributed by atoms with E-state index in [0.717, 1.165) is 12.8 Å². The summed E-state index contributed by atoms with van der Waals surface area (Å²) in [7, 11) is 0. The zero-order valence-corrected chi connectivity index (χ0v) is 8.06. The van der Waals surface area contributed by atoms with Crippen LogP contribution in [-0.2, 0) is 9.53 Å². The lowest BCUT2D eigenvalue weighted by Crippen LogP contribution is -2.33. The Kier molecular flexibility index (Phi) is 4.14. The highest BCUT2D eigenvalue weighted by Crippen LogP contribution is 2.13. The fourth-order valence-corrected chi connectivity index (χ4v) is 1.16. The fourth-order valence-electron chi connectivity index (χ4n) is 1.16. The molecule has 1 aliphatic heterocycles. The molecule has 0 spiro atoms. The molecular formula is C9H12F3NO2. The number of nitrogens with one attached hydrogen (secondary N) is 1. The summed E-state index contributed by atoms with van der Waals surface area (Å²) in [5, 5.41) is 2.03. The molecule has 86 valence electrons. The van der Waals surface area contributed by atoms with Crippen LogP contribution in [0, 0.1) is 0 Å². The van der Waals surface area contributed by atoms with Crippen LogP contribution in [0.15, 0.2) is 11.8 Å². The maximum absolute atomic E-state index is 11.7. The Balaban J connectivity index is 2.27. The van der Waals surface area contributed by atoms with Gasteiger partial charge in [-0.1, -0.05) is 0 Å². The summed E-state index contributed by atoms with van der Waals surface area (Å²) in [6.45, 7) is -1.05. The fraction of sp³-hybridized carbons (Fsp3) is 0.667. The van der Waals surface area contributed by atoms with Gasteiger partial charge in [-0.3, -0.25) is 4.79 Å². The normalized spacial score (nSPS) is 16.9. The largest absolute Gasteiger partial charge is 0.490 e. The van der Waals surface area contributed by atoms with Gasteiger partial charge in [-0.2, -0.15) is 13.2 Å². The molecule has 3 nitrogen and oxygen atoms in total. The number of allylic oxidation sites excluding steroid dienone is 1. The Morgan fingerprint density at radius 1 is 1.53 bits per heavy atom. The van der Waals surface area contributed by atoms with Crippen LogP contribution in [-0.4, -0.2) is 31.7 Å². The third kappa shape index (κ3) is 4.83. The minimum atomic E-state index is -4.29. The van der Waals surface area contributed by atoms with Crippen molar-refractivity contribution in [2.75, 3.05) is 19.7 Å². The van der Waals surface area contributed by atoms with Crippen molar-refractivity contribution < 1.29 is 22.7 Å². The quantitative estimate of drug-likeness (QED) is 0.783. The van der Waals surface area contributed by atoms with Crippen LogP contribution in [0.4, 0.5) is 13.2 Å². The van der Waals surface area contributed by atoms with Gasteiger partial charge in [-0.25, -0.2) is 0 Å². The first kappa shape index (κ1) is 12.0. The molecule has 0 aromatic heterocycles. The number of carbonyl (C=O) groups is 1. The second-order valence-corrected chi connectivity index (χ2v) is 3.20. The Labute approximate surface area is 85.3 Å². The number of ether oxygens (including phenoxy) is 1. The maximum Gasteiger partial charge on any atom is 0.401 e. The van der Waals surface area contributed by atoms with Crippen molar-refractivity contribution in [2.24, 2.45) is 0 Å². The zero-order chi connectivity index (χ0) is 11.3. The van der Waals surface area contributed by atoms with Gasteiger partial charge in [0, 0.05) is 0 Å². The van der Waals surface area contributed by atoms with Crippen LogP contribution in [0.2, 0.25) is 0 Å². The highest BCUT2D eigenvalue weighted by atomic mass is 19.4. The van der Waals surface area contributed by atoms with E-state index in [4.69, 9.17) is 4.74 Å². The Morgan fingerprint density at radius 3 is 2.80 bits per heavy atom. The van der Waals surface area contributed by atoms with E-state index < -0.39 is 18.5 Å². The van der Waals surface area contributed by atoms with E-state index in [1.807, 2.05) is 5.32 Å². The molecule has 1 aliphatic rings. The molecule has 15 heavy (non-hydrogen) atoms. The van der Waals surface area contributed by atoms with Gasteiger partial charge in [0.05, 0.1) is 19.7 Å². The molecule has 0 atom stereocenters. The smallest absolute Gasteiger partial charge is 0.401 e. The van der Waals surface area contributed by atoms with Crippen molar-refractivity contribution in [1.29, 1.82) is 0 Å². The SMILES string of the molecule is O=C(CNCC(F)(F)F)C1=CCCCO1. The van der Waals surface area contributed by atoms with Crippen LogP contribution in [0.25, 0.3) is 0 Å². The highest BCUT2D eigenvalue weighted by Gasteiger charge is 2.27. The molecule has 1 heterocycles. The van der Waals surface area contributed by atoms with Gasteiger partial charge >= 0.3 is 6.18 Å². The van der Waals surface area contributed by atoms with Crippen LogP contribution in [0.3, 0.4) is 0 Å². The second-order valence-electron chi connectivity index (χ2n) is 3.20. The number of Topliss-reactive ketones (excluding diaryl/α,β-unsaturated/α-hetero) is 1. The summed E-state index contributed by atoms with van der Waals surface area (Å²) >= 11 is 0. The summed E-state index contributed by atoms with van der Waals surface area (Å²) in [5.74, 6) is -0.255. The molecular weight excluding hydrogens is 211 g/mol. The molecule has 0 aromatic carbocycles. The molecule has 0 saturated heterocycles. The van der Waals surface area contributed by atoms with Crippen LogP contribution >= 0.6 is 0 Å². The molecule has 0 aromatic rings. The van der Waals surface area contributed by atoms with E-state index >= 15 is 0 Å². The molecule has 0 unspecified atom stereocenters. The standard InChI is InChI=1S/C9H12F3NO2/c10-9(11,12)6-13-5-7(14)8-3-1-2-4-15-8/h3,13H,1-2,4-6H2. The predicted molar refractivity (Wildman–Crippen MR) is 47.2 cm³/mol. The molecule has 0 fully saturated rings. The van der Waals surface area contributed by atoms with Crippen molar-refractivity contribution in [3.8, 4) is 0 Å². The summed E-state index contributed by atoms with van der Waals surface area (Å²) in [4.78, 5) is 11.3. The lowest BCUT2D eigenvalue weighted by molar-refractivity contribution is -0.127. The first-order valence-corrected chi connectivity index (χ1v) is 4.63. The molecule has 1 N–H and O–H groups in total. The van der Waals surface area contributed by atoms with Crippen molar-refractivity contribution in [2.45, 2.75) is 19.0 Å². The van der Waals surface area contributed by atoms with E-state index in [1.165, 1.54) is 0 Å². The zero-order valence-electron chi connectivity index (χ0n) is 8.06. The number of halogens is 3. The van der Waals surface area contributed by atoms with E-state index in [1.54, 1.807) is 6.08 Å². The molecule has 0 amide bonds. The molecule has 0 saturated carbocycles. The number of hydrogen-bond donors (Lipinski definition) is 1. The average Bonchev–Trinajstić information content (AvgIpc) is 2.17. The third-order valence-corrected chi connectivity index (χ3v) is 1.82.